The fourth-order valence-electron chi connectivity index (χ4n) is 7.15. The first-order chi connectivity index (χ1) is 19.0. The summed E-state index contributed by atoms with van der Waals surface area (Å²) in [5.74, 6) is 0.955. The number of amides is 1. The summed E-state index contributed by atoms with van der Waals surface area (Å²) in [4.78, 5) is 40.3. The molecule has 0 bridgehead atoms. The van der Waals surface area contributed by atoms with Gasteiger partial charge < -0.3 is 20.5 Å². The second-order valence-electron chi connectivity index (χ2n) is 11.5. The molecular weight excluding hydrogens is 496 g/mol. The molecular formula is C29H38N6O4. The number of carbonyl (C=O) groups is 2. The van der Waals surface area contributed by atoms with Crippen LogP contribution in [0.2, 0.25) is 0 Å². The van der Waals surface area contributed by atoms with E-state index in [1.165, 1.54) is 0 Å². The van der Waals surface area contributed by atoms with Crippen molar-refractivity contribution in [3.63, 3.8) is 0 Å². The van der Waals surface area contributed by atoms with Crippen LogP contribution in [0.25, 0.3) is 11.4 Å². The van der Waals surface area contributed by atoms with E-state index in [9.17, 15) is 9.59 Å². The van der Waals surface area contributed by atoms with Gasteiger partial charge in [0.1, 0.15) is 6.10 Å². The Bertz CT molecular complexity index is 1180. The molecule has 6 rings (SSSR count). The number of fused-ring (bicyclic) bond motifs is 1. The molecule has 4 aliphatic rings. The summed E-state index contributed by atoms with van der Waals surface area (Å²) in [7, 11) is 0. The Morgan fingerprint density at radius 2 is 1.72 bits per heavy atom. The first-order valence-electron chi connectivity index (χ1n) is 14.4. The Morgan fingerprint density at radius 1 is 1.00 bits per heavy atom. The Kier molecular flexibility index (Phi) is 7.29. The lowest BCUT2D eigenvalue weighted by molar-refractivity contribution is -0.138. The quantitative estimate of drug-likeness (QED) is 0.571. The van der Waals surface area contributed by atoms with Crippen LogP contribution in [0.5, 0.6) is 0 Å². The van der Waals surface area contributed by atoms with Crippen LogP contribution in [0.3, 0.4) is 0 Å². The van der Waals surface area contributed by atoms with Crippen LogP contribution < -0.4 is 10.6 Å². The lowest BCUT2D eigenvalue weighted by atomic mass is 9.84. The van der Waals surface area contributed by atoms with Gasteiger partial charge in [0.2, 0.25) is 0 Å². The normalized spacial score (nSPS) is 26.9. The van der Waals surface area contributed by atoms with E-state index in [1.54, 1.807) is 6.20 Å². The second-order valence-corrected chi connectivity index (χ2v) is 11.5. The number of hydrogen-bond donors (Lipinski definition) is 2. The third kappa shape index (κ3) is 5.26. The summed E-state index contributed by atoms with van der Waals surface area (Å²) in [6.07, 6.45) is 8.21. The highest BCUT2D eigenvalue weighted by Crippen LogP contribution is 2.39. The van der Waals surface area contributed by atoms with E-state index < -0.39 is 5.97 Å². The smallest absolute Gasteiger partial charge is 0.410 e. The average Bonchev–Trinajstić information content (AvgIpc) is 3.30. The topological polar surface area (TPSA) is 125 Å². The van der Waals surface area contributed by atoms with Gasteiger partial charge in [0.25, 0.3) is 0 Å². The lowest BCUT2D eigenvalue weighted by Gasteiger charge is -2.45. The summed E-state index contributed by atoms with van der Waals surface area (Å²) in [5.41, 5.74) is 7.82. The zero-order chi connectivity index (χ0) is 26.9. The predicted molar refractivity (Wildman–Crippen MR) is 147 cm³/mol. The van der Waals surface area contributed by atoms with Crippen molar-refractivity contribution in [2.24, 2.45) is 5.92 Å². The molecule has 1 aliphatic carbocycles. The number of rotatable bonds is 6. The SMILES string of the molecule is Nc1cnc(-c2ccccc2)nc1N1CCC(N2C(=O)OC3C(N4CCC(CC(=O)O)CC4)CCCC32)CC1. The largest absolute Gasteiger partial charge is 0.481 e. The summed E-state index contributed by atoms with van der Waals surface area (Å²) in [6, 6.07) is 10.4. The molecule has 1 amide bonds. The Balaban J connectivity index is 1.10. The molecule has 39 heavy (non-hydrogen) atoms. The van der Waals surface area contributed by atoms with Crippen molar-refractivity contribution in [3.05, 3.63) is 36.5 Å². The van der Waals surface area contributed by atoms with Crippen LogP contribution in [-0.2, 0) is 9.53 Å². The molecule has 0 radical (unpaired) electrons. The van der Waals surface area contributed by atoms with Gasteiger partial charge in [-0.3, -0.25) is 14.6 Å². The maximum atomic E-state index is 13.2. The van der Waals surface area contributed by atoms with Gasteiger partial charge in [0, 0.05) is 37.2 Å². The minimum atomic E-state index is -0.711. The molecule has 4 heterocycles. The number of carboxylic acid groups (broad SMARTS) is 1. The van der Waals surface area contributed by atoms with E-state index >= 15 is 0 Å². The molecule has 2 aromatic rings. The van der Waals surface area contributed by atoms with Crippen molar-refractivity contribution in [3.8, 4) is 11.4 Å². The van der Waals surface area contributed by atoms with Crippen molar-refractivity contribution in [2.75, 3.05) is 36.8 Å². The summed E-state index contributed by atoms with van der Waals surface area (Å²) in [5, 5.41) is 9.15. The van der Waals surface area contributed by atoms with Crippen molar-refractivity contribution in [1.29, 1.82) is 0 Å². The minimum absolute atomic E-state index is 0.105. The fraction of sp³-hybridized carbons (Fsp3) is 0.586. The Hall–Kier alpha value is -3.40. The number of carboxylic acids is 1. The minimum Gasteiger partial charge on any atom is -0.481 e. The monoisotopic (exact) mass is 534 g/mol. The number of anilines is 2. The summed E-state index contributed by atoms with van der Waals surface area (Å²) in [6.45, 7) is 3.30. The zero-order valence-corrected chi connectivity index (χ0v) is 22.3. The average molecular weight is 535 g/mol. The van der Waals surface area contributed by atoms with Crippen LogP contribution in [0.1, 0.15) is 51.4 Å². The molecule has 3 aliphatic heterocycles. The number of aliphatic carboxylic acids is 1. The fourth-order valence-corrected chi connectivity index (χ4v) is 7.15. The van der Waals surface area contributed by atoms with Gasteiger partial charge in [-0.15, -0.1) is 0 Å². The number of benzene rings is 1. The summed E-state index contributed by atoms with van der Waals surface area (Å²) < 4.78 is 6.08. The molecule has 1 saturated carbocycles. The van der Waals surface area contributed by atoms with Gasteiger partial charge in [-0.2, -0.15) is 0 Å². The van der Waals surface area contributed by atoms with E-state index in [2.05, 4.69) is 14.8 Å². The molecule has 0 spiro atoms. The highest BCUT2D eigenvalue weighted by atomic mass is 16.6. The number of aromatic nitrogens is 2. The first kappa shape index (κ1) is 25.9. The molecule has 10 nitrogen and oxygen atoms in total. The standard InChI is InChI=1S/C29H38N6O4/c30-22-18-31-27(20-5-2-1-3-6-20)32-28(22)34-15-11-21(12-16-34)35-24-8-4-7-23(26(24)39-29(35)38)33-13-9-19(10-14-33)17-25(36)37/h1-3,5-6,18-19,21,23-24,26H,4,7-17,30H2,(H,36,37). The van der Waals surface area contributed by atoms with Gasteiger partial charge in [-0.05, 0) is 64.0 Å². The van der Waals surface area contributed by atoms with Gasteiger partial charge in [0.15, 0.2) is 11.6 Å². The summed E-state index contributed by atoms with van der Waals surface area (Å²) >= 11 is 0. The van der Waals surface area contributed by atoms with Crippen molar-refractivity contribution < 1.29 is 19.4 Å². The molecule has 1 aromatic carbocycles. The first-order valence-corrected chi connectivity index (χ1v) is 14.4. The van der Waals surface area contributed by atoms with Crippen LogP contribution in [-0.4, -0.2) is 87.3 Å². The molecule has 1 aromatic heterocycles. The van der Waals surface area contributed by atoms with Crippen molar-refractivity contribution in [1.82, 2.24) is 19.8 Å². The van der Waals surface area contributed by atoms with E-state index in [1.807, 2.05) is 35.2 Å². The molecule has 4 fully saturated rings. The van der Waals surface area contributed by atoms with Crippen LogP contribution >= 0.6 is 0 Å². The van der Waals surface area contributed by atoms with Gasteiger partial charge in [-0.1, -0.05) is 30.3 Å². The van der Waals surface area contributed by atoms with E-state index in [0.29, 0.717) is 11.5 Å². The second kappa shape index (κ2) is 11.0. The van der Waals surface area contributed by atoms with Gasteiger partial charge >= 0.3 is 12.1 Å². The molecule has 3 atom stereocenters. The molecule has 3 N–H and O–H groups in total. The van der Waals surface area contributed by atoms with Gasteiger partial charge in [-0.25, -0.2) is 14.8 Å². The maximum Gasteiger partial charge on any atom is 0.410 e. The highest BCUT2D eigenvalue weighted by molar-refractivity contribution is 5.72. The number of nitrogens with zero attached hydrogens (tertiary/aromatic N) is 5. The number of piperidine rings is 2. The Morgan fingerprint density at radius 3 is 2.44 bits per heavy atom. The van der Waals surface area contributed by atoms with Crippen molar-refractivity contribution >= 4 is 23.6 Å². The van der Waals surface area contributed by atoms with E-state index in [-0.39, 0.29) is 42.7 Å². The van der Waals surface area contributed by atoms with Crippen LogP contribution in [0.15, 0.2) is 36.5 Å². The van der Waals surface area contributed by atoms with Crippen molar-refractivity contribution in [2.45, 2.75) is 75.6 Å². The number of nitrogens with two attached hydrogens (primary N) is 1. The molecule has 10 heteroatoms. The van der Waals surface area contributed by atoms with Gasteiger partial charge in [0.05, 0.1) is 17.9 Å². The number of ether oxygens (including phenoxy) is 1. The predicted octanol–water partition coefficient (Wildman–Crippen LogP) is 3.62. The third-order valence-electron chi connectivity index (χ3n) is 9.13. The molecule has 3 unspecified atom stereocenters. The Labute approximate surface area is 229 Å². The third-order valence-corrected chi connectivity index (χ3v) is 9.13. The van der Waals surface area contributed by atoms with E-state index in [4.69, 9.17) is 20.6 Å². The number of nitrogen functional groups attached to an aromatic ring is 1. The number of hydrogen-bond acceptors (Lipinski definition) is 8. The van der Waals surface area contributed by atoms with Crippen LogP contribution in [0, 0.1) is 5.92 Å². The van der Waals surface area contributed by atoms with E-state index in [0.717, 1.165) is 82.5 Å². The molecule has 3 saturated heterocycles. The maximum absolute atomic E-state index is 13.2. The zero-order valence-electron chi connectivity index (χ0n) is 22.3. The lowest BCUT2D eigenvalue weighted by Crippen LogP contribution is -2.56. The molecule has 208 valence electrons. The van der Waals surface area contributed by atoms with Crippen LogP contribution in [0.4, 0.5) is 16.3 Å². The number of likely N-dealkylation sites (tertiary alicyclic amines) is 1. The number of carbonyl (C=O) groups excluding carboxylic acids is 1. The highest BCUT2D eigenvalue weighted by Gasteiger charge is 2.51.